The molecule has 4 heterocycles. The molecule has 40 heavy (non-hydrogen) atoms. The summed E-state index contributed by atoms with van der Waals surface area (Å²) in [7, 11) is 1.62. The number of nitrogens with zero attached hydrogens (tertiary/aromatic N) is 7. The van der Waals surface area contributed by atoms with Crippen LogP contribution in [0.5, 0.6) is 5.75 Å². The lowest BCUT2D eigenvalue weighted by molar-refractivity contribution is -0.109. The molecule has 12 heteroatoms. The smallest absolute Gasteiger partial charge is 0.387 e. The van der Waals surface area contributed by atoms with E-state index in [1.165, 1.54) is 17.0 Å². The van der Waals surface area contributed by atoms with Gasteiger partial charge in [-0.15, -0.1) is 0 Å². The molecule has 1 N–H and O–H groups in total. The first-order chi connectivity index (χ1) is 19.1. The molecule has 0 radical (unpaired) electrons. The number of allylic oxidation sites excluding steroid dienone is 1. The van der Waals surface area contributed by atoms with Crippen LogP contribution in [0.3, 0.4) is 0 Å². The van der Waals surface area contributed by atoms with Crippen molar-refractivity contribution < 1.29 is 23.4 Å². The number of ether oxygens (including phenoxy) is 1. The Morgan fingerprint density at radius 3 is 2.65 bits per heavy atom. The first-order valence-electron chi connectivity index (χ1n) is 12.5. The predicted octanol–water partition coefficient (Wildman–Crippen LogP) is 3.87. The third-order valence-electron chi connectivity index (χ3n) is 7.89. The van der Waals surface area contributed by atoms with E-state index in [9.17, 15) is 23.9 Å². The fourth-order valence-corrected chi connectivity index (χ4v) is 6.12. The third kappa shape index (κ3) is 3.37. The largest absolute Gasteiger partial charge is 0.434 e. The monoisotopic (exact) mass is 541 g/mol. The summed E-state index contributed by atoms with van der Waals surface area (Å²) in [6.45, 7) is -1.27. The molecule has 2 aliphatic carbocycles. The van der Waals surface area contributed by atoms with E-state index in [0.717, 1.165) is 0 Å². The second kappa shape index (κ2) is 8.12. The van der Waals surface area contributed by atoms with Gasteiger partial charge in [0.15, 0.2) is 11.5 Å². The summed E-state index contributed by atoms with van der Waals surface area (Å²) in [6.07, 6.45) is 7.19. The van der Waals surface area contributed by atoms with Gasteiger partial charge in [-0.1, -0.05) is 6.07 Å². The van der Waals surface area contributed by atoms with Crippen molar-refractivity contribution in [2.24, 2.45) is 5.41 Å². The van der Waals surface area contributed by atoms with Crippen molar-refractivity contribution in [2.75, 3.05) is 7.05 Å². The average Bonchev–Trinajstić information content (AvgIpc) is 3.45. The Kier molecular flexibility index (Phi) is 4.93. The molecule has 1 aromatic carbocycles. The van der Waals surface area contributed by atoms with Gasteiger partial charge < -0.3 is 14.7 Å². The Morgan fingerprint density at radius 1 is 1.20 bits per heavy atom. The number of hydrogen-bond donors (Lipinski definition) is 1. The van der Waals surface area contributed by atoms with E-state index in [4.69, 9.17) is 9.72 Å². The number of amides is 1. The number of carbonyl (C=O) groups is 1. The molecule has 1 atom stereocenters. The highest BCUT2D eigenvalue weighted by Crippen LogP contribution is 2.53. The fraction of sp³-hybridized carbons (Fsp3) is 0.286. The van der Waals surface area contributed by atoms with Crippen molar-refractivity contribution in [1.82, 2.24) is 29.5 Å². The average molecular weight is 542 g/mol. The van der Waals surface area contributed by atoms with Crippen molar-refractivity contribution in [2.45, 2.75) is 37.9 Å². The van der Waals surface area contributed by atoms with Crippen LogP contribution in [0, 0.1) is 16.7 Å². The summed E-state index contributed by atoms with van der Waals surface area (Å²) < 4.78 is 33.1. The fourth-order valence-electron chi connectivity index (χ4n) is 6.12. The third-order valence-corrected chi connectivity index (χ3v) is 7.89. The van der Waals surface area contributed by atoms with E-state index in [-0.39, 0.29) is 35.9 Å². The van der Waals surface area contributed by atoms with Gasteiger partial charge in [-0.05, 0) is 31.2 Å². The zero-order valence-electron chi connectivity index (χ0n) is 21.3. The number of nitriles is 1. The number of rotatable bonds is 4. The molecule has 1 aliphatic heterocycles. The number of aliphatic hydroxyl groups is 1. The topological polar surface area (TPSA) is 130 Å². The lowest BCUT2D eigenvalue weighted by Crippen LogP contribution is -2.48. The van der Waals surface area contributed by atoms with Crippen molar-refractivity contribution in [3.63, 3.8) is 0 Å². The number of benzene rings is 1. The molecule has 200 valence electrons. The van der Waals surface area contributed by atoms with Gasteiger partial charge in [0.05, 0.1) is 22.9 Å². The van der Waals surface area contributed by atoms with Crippen molar-refractivity contribution in [3.8, 4) is 23.1 Å². The number of fused-ring (bicyclic) bond motifs is 8. The van der Waals surface area contributed by atoms with E-state index < -0.39 is 23.5 Å². The highest BCUT2D eigenvalue weighted by Gasteiger charge is 2.54. The first-order valence-corrected chi connectivity index (χ1v) is 12.5. The van der Waals surface area contributed by atoms with Gasteiger partial charge >= 0.3 is 6.61 Å². The van der Waals surface area contributed by atoms with Crippen molar-refractivity contribution in [3.05, 3.63) is 77.1 Å². The number of alkyl halides is 2. The predicted molar refractivity (Wildman–Crippen MR) is 136 cm³/mol. The molecule has 10 nitrogen and oxygen atoms in total. The molecule has 3 aromatic heterocycles. The zero-order valence-corrected chi connectivity index (χ0v) is 21.3. The van der Waals surface area contributed by atoms with E-state index in [0.29, 0.717) is 39.4 Å². The van der Waals surface area contributed by atoms with Crippen LogP contribution in [0.1, 0.15) is 58.7 Å². The van der Waals surface area contributed by atoms with Crippen LogP contribution in [0.2, 0.25) is 0 Å². The van der Waals surface area contributed by atoms with Gasteiger partial charge in [-0.25, -0.2) is 19.5 Å². The SMILES string of the molecule is CN1C(=O)c2cccc(OC(F)F)c2[C@H]2C=C1c1nn3ccc(-c4cnc(C5(O)CC(C)(C#N)C5)nc4)nc3c12. The molecule has 0 unspecified atom stereocenters. The second-order valence-corrected chi connectivity index (χ2v) is 10.7. The molecule has 1 saturated carbocycles. The summed E-state index contributed by atoms with van der Waals surface area (Å²) in [5.74, 6) is -0.766. The first kappa shape index (κ1) is 24.3. The summed E-state index contributed by atoms with van der Waals surface area (Å²) in [5.41, 5.74) is 2.12. The minimum Gasteiger partial charge on any atom is -0.434 e. The summed E-state index contributed by atoms with van der Waals surface area (Å²) >= 11 is 0. The minimum absolute atomic E-state index is 0.0782. The zero-order chi connectivity index (χ0) is 28.0. The summed E-state index contributed by atoms with van der Waals surface area (Å²) in [6, 6.07) is 8.49. The quantitative estimate of drug-likeness (QED) is 0.412. The Labute approximate surface area is 226 Å². The molecular formula is C28H21F2N7O3. The van der Waals surface area contributed by atoms with Crippen LogP contribution in [-0.4, -0.2) is 54.1 Å². The molecule has 7 rings (SSSR count). The normalized spacial score (nSPS) is 24.7. The van der Waals surface area contributed by atoms with Crippen LogP contribution in [0.4, 0.5) is 8.78 Å². The van der Waals surface area contributed by atoms with Gasteiger partial charge in [0, 0.05) is 66.7 Å². The maximum atomic E-state index is 13.3. The maximum Gasteiger partial charge on any atom is 0.387 e. The Hall–Kier alpha value is -4.76. The lowest BCUT2D eigenvalue weighted by Gasteiger charge is -2.46. The maximum absolute atomic E-state index is 13.3. The van der Waals surface area contributed by atoms with Crippen molar-refractivity contribution >= 4 is 17.3 Å². The Bertz CT molecular complexity index is 1800. The van der Waals surface area contributed by atoms with Crippen LogP contribution >= 0.6 is 0 Å². The minimum atomic E-state index is -3.06. The van der Waals surface area contributed by atoms with Gasteiger partial charge in [0.25, 0.3) is 5.91 Å². The van der Waals surface area contributed by atoms with Gasteiger partial charge in [0.2, 0.25) is 0 Å². The highest BCUT2D eigenvalue weighted by atomic mass is 19.3. The van der Waals surface area contributed by atoms with Crippen molar-refractivity contribution in [1.29, 1.82) is 5.26 Å². The number of carbonyl (C=O) groups excluding carboxylic acids is 1. The van der Waals surface area contributed by atoms with Crippen LogP contribution < -0.4 is 4.74 Å². The van der Waals surface area contributed by atoms with Crippen LogP contribution in [0.15, 0.2) is 48.9 Å². The molecule has 0 spiro atoms. The van der Waals surface area contributed by atoms with E-state index in [2.05, 4.69) is 21.1 Å². The van der Waals surface area contributed by atoms with Gasteiger partial charge in [-0.2, -0.15) is 19.1 Å². The number of hydrogen-bond acceptors (Lipinski definition) is 8. The van der Waals surface area contributed by atoms with Crippen LogP contribution in [-0.2, 0) is 5.60 Å². The molecular weight excluding hydrogens is 520 g/mol. The molecule has 1 fully saturated rings. The van der Waals surface area contributed by atoms with Gasteiger partial charge in [-0.3, -0.25) is 4.79 Å². The van der Waals surface area contributed by atoms with E-state index in [1.54, 1.807) is 49.2 Å². The molecule has 1 amide bonds. The Morgan fingerprint density at radius 2 is 1.95 bits per heavy atom. The molecule has 4 aromatic rings. The number of halogens is 2. The number of aromatic nitrogens is 5. The molecule has 2 bridgehead atoms. The van der Waals surface area contributed by atoms with Crippen LogP contribution in [0.25, 0.3) is 22.6 Å². The lowest BCUT2D eigenvalue weighted by atomic mass is 9.60. The molecule has 0 saturated heterocycles. The highest BCUT2D eigenvalue weighted by molar-refractivity contribution is 6.05. The second-order valence-electron chi connectivity index (χ2n) is 10.7. The van der Waals surface area contributed by atoms with E-state index >= 15 is 0 Å². The standard InChI is InChI=1S/C28H21F2N7O3/c1-27(13-31)11-28(39,12-27)25-32-9-14(10-33-25)17-6-7-37-23(34-17)21-16-8-18(22(21)35-37)36(2)24(38)15-4-3-5-19(20(15)16)40-26(29)30/h3-10,16,26,39H,11-12H2,1-2H3/t16-,27?,28?/m1/s1. The van der Waals surface area contributed by atoms with E-state index in [1.807, 2.05) is 6.08 Å². The Balaban J connectivity index is 1.31. The summed E-state index contributed by atoms with van der Waals surface area (Å²) in [5, 5.41) is 24.8. The van der Waals surface area contributed by atoms with Gasteiger partial charge in [0.1, 0.15) is 17.0 Å². The molecule has 3 aliphatic rings. The summed E-state index contributed by atoms with van der Waals surface area (Å²) in [4.78, 5) is 28.3.